The molecule has 1 aromatic rings. The van der Waals surface area contributed by atoms with E-state index in [0.29, 0.717) is 0 Å². The molecule has 3 nitrogen and oxygen atoms in total. The van der Waals surface area contributed by atoms with Gasteiger partial charge in [-0.05, 0) is 38.3 Å². The van der Waals surface area contributed by atoms with Gasteiger partial charge in [0.05, 0.1) is 6.42 Å². The second kappa shape index (κ2) is 5.01. The van der Waals surface area contributed by atoms with Gasteiger partial charge in [0.25, 0.3) is 0 Å². The van der Waals surface area contributed by atoms with Gasteiger partial charge in [-0.1, -0.05) is 18.2 Å². The lowest BCUT2D eigenvalue weighted by Gasteiger charge is -2.27. The van der Waals surface area contributed by atoms with Crippen LogP contribution in [0.4, 0.5) is 5.69 Å². The van der Waals surface area contributed by atoms with Crippen molar-refractivity contribution in [2.45, 2.75) is 38.5 Å². The quantitative estimate of drug-likeness (QED) is 0.840. The van der Waals surface area contributed by atoms with Crippen LogP contribution in [0.5, 0.6) is 0 Å². The van der Waals surface area contributed by atoms with Crippen molar-refractivity contribution in [1.29, 1.82) is 0 Å². The van der Waals surface area contributed by atoms with Crippen LogP contribution in [0.2, 0.25) is 0 Å². The number of nitrogens with zero attached hydrogens (tertiary/aromatic N) is 1. The second-order valence-electron chi connectivity index (χ2n) is 5.04. The minimum Gasteiger partial charge on any atom is -0.481 e. The Bertz CT molecular complexity index is 434. The average molecular weight is 247 g/mol. The van der Waals surface area contributed by atoms with Crippen LogP contribution in [0.15, 0.2) is 24.3 Å². The SMILES string of the molecule is CCN(CC)c1ccccc1C1(CC(=O)O)CC1. The molecule has 0 spiro atoms. The van der Waals surface area contributed by atoms with Crippen molar-refractivity contribution in [2.75, 3.05) is 18.0 Å². The average Bonchev–Trinajstić information content (AvgIpc) is 3.11. The zero-order valence-electron chi connectivity index (χ0n) is 11.1. The van der Waals surface area contributed by atoms with Crippen LogP contribution in [-0.4, -0.2) is 24.2 Å². The number of carbonyl (C=O) groups is 1. The molecule has 18 heavy (non-hydrogen) atoms. The maximum atomic E-state index is 11.0. The summed E-state index contributed by atoms with van der Waals surface area (Å²) in [7, 11) is 0. The van der Waals surface area contributed by atoms with Gasteiger partial charge in [0.1, 0.15) is 0 Å². The molecule has 1 N–H and O–H groups in total. The molecule has 0 atom stereocenters. The van der Waals surface area contributed by atoms with E-state index >= 15 is 0 Å². The number of carboxylic acids is 1. The van der Waals surface area contributed by atoms with Crippen molar-refractivity contribution in [3.8, 4) is 0 Å². The summed E-state index contributed by atoms with van der Waals surface area (Å²) < 4.78 is 0. The summed E-state index contributed by atoms with van der Waals surface area (Å²) in [6.07, 6.45) is 2.25. The van der Waals surface area contributed by atoms with Gasteiger partial charge in [-0.15, -0.1) is 0 Å². The van der Waals surface area contributed by atoms with Crippen LogP contribution in [0.3, 0.4) is 0 Å². The normalized spacial score (nSPS) is 16.3. The third-order valence-electron chi connectivity index (χ3n) is 3.92. The van der Waals surface area contributed by atoms with E-state index in [1.54, 1.807) is 0 Å². The molecular weight excluding hydrogens is 226 g/mol. The third-order valence-corrected chi connectivity index (χ3v) is 3.92. The third kappa shape index (κ3) is 2.35. The lowest BCUT2D eigenvalue weighted by Crippen LogP contribution is -2.25. The van der Waals surface area contributed by atoms with E-state index in [4.69, 9.17) is 5.11 Å². The van der Waals surface area contributed by atoms with E-state index in [9.17, 15) is 4.79 Å². The topological polar surface area (TPSA) is 40.5 Å². The summed E-state index contributed by atoms with van der Waals surface area (Å²) in [6.45, 7) is 6.18. The van der Waals surface area contributed by atoms with E-state index in [1.807, 2.05) is 12.1 Å². The Morgan fingerprint density at radius 2 is 1.89 bits per heavy atom. The predicted molar refractivity (Wildman–Crippen MR) is 73.2 cm³/mol. The standard InChI is InChI=1S/C15H21NO2/c1-3-16(4-2)13-8-6-5-7-12(13)15(9-10-15)11-14(17)18/h5-8H,3-4,9-11H2,1-2H3,(H,17,18). The summed E-state index contributed by atoms with van der Waals surface area (Å²) >= 11 is 0. The fraction of sp³-hybridized carbons (Fsp3) is 0.533. The first kappa shape index (κ1) is 12.9. The summed E-state index contributed by atoms with van der Waals surface area (Å²) in [5, 5.41) is 9.08. The molecule has 1 saturated carbocycles. The molecule has 0 aromatic heterocycles. The molecule has 1 aliphatic rings. The zero-order valence-corrected chi connectivity index (χ0v) is 11.1. The molecule has 0 amide bonds. The summed E-state index contributed by atoms with van der Waals surface area (Å²) in [5.41, 5.74) is 2.32. The maximum Gasteiger partial charge on any atom is 0.304 e. The second-order valence-corrected chi connectivity index (χ2v) is 5.04. The molecule has 0 unspecified atom stereocenters. The highest BCUT2D eigenvalue weighted by Crippen LogP contribution is 2.53. The Labute approximate surface area is 108 Å². The Morgan fingerprint density at radius 1 is 1.28 bits per heavy atom. The number of rotatable bonds is 6. The van der Waals surface area contributed by atoms with Crippen molar-refractivity contribution in [1.82, 2.24) is 0 Å². The first-order valence-corrected chi connectivity index (χ1v) is 6.69. The Kier molecular flexibility index (Phi) is 3.60. The van der Waals surface area contributed by atoms with Gasteiger partial charge < -0.3 is 10.0 Å². The zero-order chi connectivity index (χ0) is 13.2. The predicted octanol–water partition coefficient (Wildman–Crippen LogP) is 3.04. The van der Waals surface area contributed by atoms with Crippen molar-refractivity contribution in [2.24, 2.45) is 0 Å². The first-order chi connectivity index (χ1) is 8.63. The lowest BCUT2D eigenvalue weighted by molar-refractivity contribution is -0.137. The van der Waals surface area contributed by atoms with Gasteiger partial charge >= 0.3 is 5.97 Å². The smallest absolute Gasteiger partial charge is 0.304 e. The molecule has 0 radical (unpaired) electrons. The van der Waals surface area contributed by atoms with E-state index in [2.05, 4.69) is 30.9 Å². The fourth-order valence-electron chi connectivity index (χ4n) is 2.74. The monoisotopic (exact) mass is 247 g/mol. The van der Waals surface area contributed by atoms with Crippen molar-refractivity contribution in [3.63, 3.8) is 0 Å². The minimum atomic E-state index is -0.693. The van der Waals surface area contributed by atoms with Crippen LogP contribution in [0, 0.1) is 0 Å². The van der Waals surface area contributed by atoms with Crippen molar-refractivity contribution in [3.05, 3.63) is 29.8 Å². The molecule has 98 valence electrons. The van der Waals surface area contributed by atoms with Crippen LogP contribution in [0.25, 0.3) is 0 Å². The number of anilines is 1. The molecular formula is C15H21NO2. The number of aliphatic carboxylic acids is 1. The molecule has 1 aliphatic carbocycles. The largest absolute Gasteiger partial charge is 0.481 e. The summed E-state index contributed by atoms with van der Waals surface area (Å²) in [4.78, 5) is 13.3. The van der Waals surface area contributed by atoms with Gasteiger partial charge in [-0.2, -0.15) is 0 Å². The molecule has 0 heterocycles. The highest BCUT2D eigenvalue weighted by molar-refractivity contribution is 5.72. The van der Waals surface area contributed by atoms with Gasteiger partial charge in [-0.25, -0.2) is 0 Å². The maximum absolute atomic E-state index is 11.0. The Balaban J connectivity index is 2.36. The van der Waals surface area contributed by atoms with Crippen LogP contribution in [0.1, 0.15) is 38.7 Å². The van der Waals surface area contributed by atoms with Crippen molar-refractivity contribution < 1.29 is 9.90 Å². The molecule has 3 heteroatoms. The fourth-order valence-corrected chi connectivity index (χ4v) is 2.74. The molecule has 0 saturated heterocycles. The summed E-state index contributed by atoms with van der Waals surface area (Å²) in [5.74, 6) is -0.693. The molecule has 1 aromatic carbocycles. The Hall–Kier alpha value is -1.51. The van der Waals surface area contributed by atoms with E-state index in [-0.39, 0.29) is 11.8 Å². The van der Waals surface area contributed by atoms with E-state index in [1.165, 1.54) is 11.3 Å². The van der Waals surface area contributed by atoms with Crippen LogP contribution >= 0.6 is 0 Å². The molecule has 0 bridgehead atoms. The molecule has 0 aliphatic heterocycles. The molecule has 1 fully saturated rings. The number of para-hydroxylation sites is 1. The highest BCUT2D eigenvalue weighted by Gasteiger charge is 2.47. The van der Waals surface area contributed by atoms with Gasteiger partial charge in [0.15, 0.2) is 0 Å². The van der Waals surface area contributed by atoms with Gasteiger partial charge in [-0.3, -0.25) is 4.79 Å². The minimum absolute atomic E-state index is 0.106. The summed E-state index contributed by atoms with van der Waals surface area (Å²) in [6, 6.07) is 8.27. The number of benzene rings is 1. The lowest BCUT2D eigenvalue weighted by atomic mass is 9.90. The highest BCUT2D eigenvalue weighted by atomic mass is 16.4. The number of carboxylic acid groups (broad SMARTS) is 1. The van der Waals surface area contributed by atoms with E-state index in [0.717, 1.165) is 25.9 Å². The van der Waals surface area contributed by atoms with Crippen LogP contribution in [-0.2, 0) is 10.2 Å². The van der Waals surface area contributed by atoms with Gasteiger partial charge in [0, 0.05) is 24.2 Å². The first-order valence-electron chi connectivity index (χ1n) is 6.69. The van der Waals surface area contributed by atoms with Crippen molar-refractivity contribution >= 4 is 11.7 Å². The van der Waals surface area contributed by atoms with Crippen LogP contribution < -0.4 is 4.90 Å². The number of hydrogen-bond donors (Lipinski definition) is 1. The molecule has 2 rings (SSSR count). The number of hydrogen-bond acceptors (Lipinski definition) is 2. The van der Waals surface area contributed by atoms with Gasteiger partial charge in [0.2, 0.25) is 0 Å². The van der Waals surface area contributed by atoms with E-state index < -0.39 is 5.97 Å². The Morgan fingerprint density at radius 3 is 2.39 bits per heavy atom.